The Kier molecular flexibility index (Phi) is 6.25. The Labute approximate surface area is 134 Å². The van der Waals surface area contributed by atoms with Crippen molar-refractivity contribution >= 4 is 21.9 Å². The highest BCUT2D eigenvalue weighted by molar-refractivity contribution is 9.08. The average Bonchev–Trinajstić information content (AvgIpc) is 2.37. The minimum Gasteiger partial charge on any atom is -0.466 e. The summed E-state index contributed by atoms with van der Waals surface area (Å²) in [6.45, 7) is 1.28. The molecule has 0 saturated carbocycles. The molecule has 0 amide bonds. The van der Waals surface area contributed by atoms with E-state index in [4.69, 9.17) is 0 Å². The number of pyridine rings is 1. The molecular formula is C12H10BrF6NO3. The highest BCUT2D eigenvalue weighted by Crippen LogP contribution is 2.40. The largest absolute Gasteiger partial charge is 0.573 e. The van der Waals surface area contributed by atoms with Crippen LogP contribution in [0.15, 0.2) is 6.20 Å². The van der Waals surface area contributed by atoms with Gasteiger partial charge in [0.1, 0.15) is 0 Å². The first kappa shape index (κ1) is 19.5. The number of aromatic nitrogens is 1. The van der Waals surface area contributed by atoms with E-state index in [9.17, 15) is 31.1 Å². The van der Waals surface area contributed by atoms with Crippen molar-refractivity contribution in [1.82, 2.24) is 4.98 Å². The maximum absolute atomic E-state index is 13.2. The summed E-state index contributed by atoms with van der Waals surface area (Å²) in [5, 5.41) is -0.371. The molecule has 0 unspecified atom stereocenters. The van der Waals surface area contributed by atoms with Crippen LogP contribution in [0.1, 0.15) is 23.7 Å². The van der Waals surface area contributed by atoms with Crippen LogP contribution in [-0.4, -0.2) is 23.9 Å². The molecule has 1 heterocycles. The number of nitrogens with zero attached hydrogens (tertiary/aromatic N) is 1. The summed E-state index contributed by atoms with van der Waals surface area (Å²) >= 11 is 2.78. The fraction of sp³-hybridized carbons (Fsp3) is 0.500. The number of rotatable bonds is 5. The molecule has 4 nitrogen and oxygen atoms in total. The van der Waals surface area contributed by atoms with Crippen LogP contribution in [0.3, 0.4) is 0 Å². The number of carbonyl (C=O) groups is 1. The predicted molar refractivity (Wildman–Crippen MR) is 68.9 cm³/mol. The molecule has 1 rings (SSSR count). The van der Waals surface area contributed by atoms with Crippen molar-refractivity contribution in [2.45, 2.75) is 31.2 Å². The average molecular weight is 410 g/mol. The van der Waals surface area contributed by atoms with Crippen LogP contribution in [0, 0.1) is 0 Å². The van der Waals surface area contributed by atoms with Crippen molar-refractivity contribution in [1.29, 1.82) is 0 Å². The van der Waals surface area contributed by atoms with Crippen molar-refractivity contribution in [3.05, 3.63) is 23.0 Å². The molecule has 1 aromatic rings. The van der Waals surface area contributed by atoms with Gasteiger partial charge in [-0.2, -0.15) is 13.2 Å². The third kappa shape index (κ3) is 5.56. The Bertz CT molecular complexity index is 573. The zero-order valence-electron chi connectivity index (χ0n) is 11.5. The molecule has 11 heteroatoms. The van der Waals surface area contributed by atoms with Crippen LogP contribution in [-0.2, 0) is 27.5 Å². The minimum atomic E-state index is -5.23. The normalized spacial score (nSPS) is 12.2. The maximum Gasteiger partial charge on any atom is 0.573 e. The molecule has 0 aliphatic heterocycles. The standard InChI is InChI=1S/C12H10BrF6NO3/c1-2-22-9(21)3-6-8(23-12(17,18)19)5-20-7(4-13)10(6)11(14,15)16/h5H,2-4H2,1H3. The maximum atomic E-state index is 13.2. The first-order chi connectivity index (χ1) is 10.5. The van der Waals surface area contributed by atoms with Gasteiger partial charge in [0.05, 0.1) is 30.5 Å². The number of alkyl halides is 7. The number of halogens is 7. The Hall–Kier alpha value is -1.52. The Morgan fingerprint density at radius 1 is 1.26 bits per heavy atom. The fourth-order valence-corrected chi connectivity index (χ4v) is 2.18. The Morgan fingerprint density at radius 3 is 2.30 bits per heavy atom. The van der Waals surface area contributed by atoms with Gasteiger partial charge < -0.3 is 9.47 Å². The lowest BCUT2D eigenvalue weighted by molar-refractivity contribution is -0.275. The van der Waals surface area contributed by atoms with Crippen LogP contribution < -0.4 is 4.74 Å². The van der Waals surface area contributed by atoms with Crippen LogP contribution in [0.25, 0.3) is 0 Å². The van der Waals surface area contributed by atoms with Gasteiger partial charge in [0, 0.05) is 10.9 Å². The summed E-state index contributed by atoms with van der Waals surface area (Å²) in [4.78, 5) is 14.8. The molecule has 0 saturated heterocycles. The molecule has 23 heavy (non-hydrogen) atoms. The molecule has 0 aliphatic carbocycles. The van der Waals surface area contributed by atoms with Gasteiger partial charge in [-0.05, 0) is 6.92 Å². The number of carbonyl (C=O) groups excluding carboxylic acids is 1. The van der Waals surface area contributed by atoms with E-state index in [1.54, 1.807) is 0 Å². The first-order valence-electron chi connectivity index (χ1n) is 6.04. The quantitative estimate of drug-likeness (QED) is 0.419. The van der Waals surface area contributed by atoms with Gasteiger partial charge >= 0.3 is 18.5 Å². The number of hydrogen-bond donors (Lipinski definition) is 0. The first-order valence-corrected chi connectivity index (χ1v) is 7.17. The smallest absolute Gasteiger partial charge is 0.466 e. The second-order valence-electron chi connectivity index (χ2n) is 4.08. The third-order valence-electron chi connectivity index (χ3n) is 2.49. The molecule has 0 fully saturated rings. The number of esters is 1. The highest BCUT2D eigenvalue weighted by Gasteiger charge is 2.41. The van der Waals surface area contributed by atoms with Gasteiger partial charge in [0.2, 0.25) is 0 Å². The summed E-state index contributed by atoms with van der Waals surface area (Å²) in [7, 11) is 0. The van der Waals surface area contributed by atoms with Crippen LogP contribution >= 0.6 is 15.9 Å². The van der Waals surface area contributed by atoms with Gasteiger partial charge in [-0.1, -0.05) is 15.9 Å². The number of hydrogen-bond acceptors (Lipinski definition) is 4. The summed E-state index contributed by atoms with van der Waals surface area (Å²) in [6.07, 6.45) is -10.8. The topological polar surface area (TPSA) is 48.4 Å². The Balaban J connectivity index is 3.49. The van der Waals surface area contributed by atoms with Gasteiger partial charge in [0.25, 0.3) is 0 Å². The van der Waals surface area contributed by atoms with E-state index in [1.165, 1.54) is 6.92 Å². The lowest BCUT2D eigenvalue weighted by Crippen LogP contribution is -2.23. The molecule has 0 aromatic carbocycles. The molecule has 0 radical (unpaired) electrons. The van der Waals surface area contributed by atoms with Gasteiger partial charge in [-0.25, -0.2) is 0 Å². The highest BCUT2D eigenvalue weighted by atomic mass is 79.9. The van der Waals surface area contributed by atoms with Crippen molar-refractivity contribution in [3.63, 3.8) is 0 Å². The van der Waals surface area contributed by atoms with E-state index in [2.05, 4.69) is 30.4 Å². The molecule has 0 N–H and O–H groups in total. The van der Waals surface area contributed by atoms with Gasteiger partial charge in [-0.15, -0.1) is 13.2 Å². The van der Waals surface area contributed by atoms with Crippen molar-refractivity contribution in [3.8, 4) is 5.75 Å². The molecule has 130 valence electrons. The zero-order chi connectivity index (χ0) is 17.8. The summed E-state index contributed by atoms with van der Waals surface area (Å²) in [6, 6.07) is 0. The molecular weight excluding hydrogens is 400 g/mol. The molecule has 0 atom stereocenters. The SMILES string of the molecule is CCOC(=O)Cc1c(OC(F)(F)F)cnc(CBr)c1C(F)(F)F. The van der Waals surface area contributed by atoms with Crippen LogP contribution in [0.4, 0.5) is 26.3 Å². The van der Waals surface area contributed by atoms with E-state index < -0.39 is 47.5 Å². The zero-order valence-corrected chi connectivity index (χ0v) is 13.1. The summed E-state index contributed by atoms with van der Waals surface area (Å²) in [5.74, 6) is -2.31. The monoisotopic (exact) mass is 409 g/mol. The van der Waals surface area contributed by atoms with Crippen LogP contribution in [0.5, 0.6) is 5.75 Å². The predicted octanol–water partition coefficient (Wildman–Crippen LogP) is 4.00. The van der Waals surface area contributed by atoms with E-state index in [0.717, 1.165) is 0 Å². The van der Waals surface area contributed by atoms with E-state index in [-0.39, 0.29) is 11.9 Å². The molecule has 0 aliphatic rings. The molecule has 1 aromatic heterocycles. The fourth-order valence-electron chi connectivity index (χ4n) is 1.76. The van der Waals surface area contributed by atoms with Crippen molar-refractivity contribution in [2.24, 2.45) is 0 Å². The third-order valence-corrected chi connectivity index (χ3v) is 3.02. The summed E-state index contributed by atoms with van der Waals surface area (Å²) < 4.78 is 84.7. The van der Waals surface area contributed by atoms with Crippen LogP contribution in [0.2, 0.25) is 0 Å². The minimum absolute atomic E-state index is 0.133. The van der Waals surface area contributed by atoms with Gasteiger partial charge in [-0.3, -0.25) is 9.78 Å². The van der Waals surface area contributed by atoms with E-state index in [0.29, 0.717) is 6.20 Å². The van der Waals surface area contributed by atoms with Crippen molar-refractivity contribution < 1.29 is 40.6 Å². The van der Waals surface area contributed by atoms with E-state index >= 15 is 0 Å². The van der Waals surface area contributed by atoms with Crippen molar-refractivity contribution in [2.75, 3.05) is 6.61 Å². The van der Waals surface area contributed by atoms with E-state index in [1.807, 2.05) is 0 Å². The summed E-state index contributed by atoms with van der Waals surface area (Å²) in [5.41, 5.74) is -2.99. The number of ether oxygens (including phenoxy) is 2. The Morgan fingerprint density at radius 2 is 1.87 bits per heavy atom. The second-order valence-corrected chi connectivity index (χ2v) is 4.64. The molecule has 0 bridgehead atoms. The lowest BCUT2D eigenvalue weighted by atomic mass is 10.0. The molecule has 0 spiro atoms. The van der Waals surface area contributed by atoms with Gasteiger partial charge in [0.15, 0.2) is 5.75 Å². The second kappa shape index (κ2) is 7.37. The lowest BCUT2D eigenvalue weighted by Gasteiger charge is -2.19.